The molecule has 0 fully saturated rings. The average Bonchev–Trinajstić information content (AvgIpc) is 3.13. The lowest BCUT2D eigenvalue weighted by atomic mass is 9.89. The first-order valence-corrected chi connectivity index (χ1v) is 10.4. The van der Waals surface area contributed by atoms with Gasteiger partial charge in [0.25, 0.3) is 5.95 Å². The Labute approximate surface area is 180 Å². The molecule has 2 unspecified atom stereocenters. The maximum Gasteiger partial charge on any atom is 0.290 e. The molecule has 0 aliphatic carbocycles. The van der Waals surface area contributed by atoms with E-state index in [1.54, 1.807) is 60.7 Å². The topological polar surface area (TPSA) is 70.7 Å². The number of rotatable bonds is 5. The standard InChI is InChI=1S/C22H16Cl2O4S/c23-13-7-5-12(6-8-13)16(25)11-15(18-9-10-19(24)29-18)20-21(26)14-3-1-2-4-17(14)28-22(20)27/h1-10,15-16,25,27H,11H2. The molecule has 0 radical (unpaired) electrons. The van der Waals surface area contributed by atoms with Crippen LogP contribution in [0, 0.1) is 0 Å². The molecule has 2 aromatic carbocycles. The molecular formula is C22H16Cl2O4S. The zero-order valence-electron chi connectivity index (χ0n) is 15.0. The molecule has 0 saturated heterocycles. The molecule has 2 aromatic heterocycles. The number of aromatic hydroxyl groups is 1. The summed E-state index contributed by atoms with van der Waals surface area (Å²) in [4.78, 5) is 13.9. The van der Waals surface area contributed by atoms with Gasteiger partial charge in [-0.25, -0.2) is 0 Å². The number of halogens is 2. The third kappa shape index (κ3) is 4.05. The first-order valence-electron chi connectivity index (χ1n) is 8.87. The zero-order chi connectivity index (χ0) is 20.5. The first-order chi connectivity index (χ1) is 13.9. The molecule has 4 aromatic rings. The van der Waals surface area contributed by atoms with Gasteiger partial charge in [0.1, 0.15) is 5.58 Å². The molecule has 0 spiro atoms. The van der Waals surface area contributed by atoms with Gasteiger partial charge in [0, 0.05) is 15.8 Å². The molecule has 29 heavy (non-hydrogen) atoms. The first kappa shape index (κ1) is 20.0. The zero-order valence-corrected chi connectivity index (χ0v) is 17.3. The number of para-hydroxylation sites is 1. The van der Waals surface area contributed by atoms with Crippen molar-refractivity contribution >= 4 is 45.5 Å². The highest BCUT2D eigenvalue weighted by Crippen LogP contribution is 2.41. The molecule has 0 aliphatic rings. The van der Waals surface area contributed by atoms with Crippen molar-refractivity contribution < 1.29 is 14.6 Å². The highest BCUT2D eigenvalue weighted by atomic mass is 35.5. The second-order valence-electron chi connectivity index (χ2n) is 6.64. The van der Waals surface area contributed by atoms with Crippen LogP contribution in [0.3, 0.4) is 0 Å². The fraction of sp³-hybridized carbons (Fsp3) is 0.136. The number of aliphatic hydroxyl groups excluding tert-OH is 1. The van der Waals surface area contributed by atoms with Crippen molar-refractivity contribution in [3.05, 3.63) is 96.3 Å². The second-order valence-corrected chi connectivity index (χ2v) is 8.83. The summed E-state index contributed by atoms with van der Waals surface area (Å²) < 4.78 is 6.07. The SMILES string of the molecule is O=c1c(C(CC(O)c2ccc(Cl)cc2)c2ccc(Cl)s2)c(O)oc2ccccc12. The van der Waals surface area contributed by atoms with Crippen LogP contribution in [0.1, 0.15) is 34.4 Å². The third-order valence-electron chi connectivity index (χ3n) is 4.81. The van der Waals surface area contributed by atoms with Crippen molar-refractivity contribution in [1.82, 2.24) is 0 Å². The third-order valence-corrected chi connectivity index (χ3v) is 6.41. The van der Waals surface area contributed by atoms with Gasteiger partial charge in [-0.2, -0.15) is 0 Å². The van der Waals surface area contributed by atoms with E-state index < -0.39 is 18.0 Å². The summed E-state index contributed by atoms with van der Waals surface area (Å²) in [6.45, 7) is 0. The van der Waals surface area contributed by atoms with Gasteiger partial charge in [-0.3, -0.25) is 4.79 Å². The van der Waals surface area contributed by atoms with Gasteiger partial charge in [0.15, 0.2) is 0 Å². The van der Waals surface area contributed by atoms with Crippen LogP contribution in [-0.4, -0.2) is 10.2 Å². The van der Waals surface area contributed by atoms with Crippen LogP contribution >= 0.6 is 34.5 Å². The lowest BCUT2D eigenvalue weighted by Crippen LogP contribution is -2.17. The van der Waals surface area contributed by atoms with E-state index in [9.17, 15) is 15.0 Å². The smallest absolute Gasteiger partial charge is 0.290 e. The maximum absolute atomic E-state index is 13.2. The van der Waals surface area contributed by atoms with Crippen molar-refractivity contribution in [2.24, 2.45) is 0 Å². The number of hydrogen-bond acceptors (Lipinski definition) is 5. The molecular weight excluding hydrogens is 431 g/mol. The second kappa shape index (κ2) is 8.20. The van der Waals surface area contributed by atoms with E-state index in [1.807, 2.05) is 0 Å². The number of fused-ring (bicyclic) bond motifs is 1. The van der Waals surface area contributed by atoms with E-state index in [0.717, 1.165) is 4.88 Å². The fourth-order valence-corrected chi connectivity index (χ4v) is 4.70. The monoisotopic (exact) mass is 446 g/mol. The maximum atomic E-state index is 13.2. The Bertz CT molecular complexity index is 1210. The summed E-state index contributed by atoms with van der Waals surface area (Å²) in [7, 11) is 0. The molecule has 7 heteroatoms. The van der Waals surface area contributed by atoms with Gasteiger partial charge in [-0.1, -0.05) is 47.5 Å². The van der Waals surface area contributed by atoms with Gasteiger partial charge < -0.3 is 14.6 Å². The summed E-state index contributed by atoms with van der Waals surface area (Å²) in [6, 6.07) is 17.1. The molecule has 148 valence electrons. The van der Waals surface area contributed by atoms with Gasteiger partial charge in [-0.05, 0) is 48.4 Å². The van der Waals surface area contributed by atoms with Crippen molar-refractivity contribution in [2.75, 3.05) is 0 Å². The molecule has 0 amide bonds. The normalized spacial score (nSPS) is 13.5. The van der Waals surface area contributed by atoms with E-state index in [0.29, 0.717) is 25.9 Å². The minimum Gasteiger partial charge on any atom is -0.480 e. The fourth-order valence-electron chi connectivity index (χ4n) is 3.39. The Balaban J connectivity index is 1.82. The van der Waals surface area contributed by atoms with Crippen molar-refractivity contribution in [3.8, 4) is 5.95 Å². The minimum atomic E-state index is -0.886. The lowest BCUT2D eigenvalue weighted by Gasteiger charge is -2.20. The van der Waals surface area contributed by atoms with E-state index in [2.05, 4.69) is 0 Å². The van der Waals surface area contributed by atoms with Crippen molar-refractivity contribution in [2.45, 2.75) is 18.4 Å². The molecule has 2 N–H and O–H groups in total. The Kier molecular flexibility index (Phi) is 5.65. The molecule has 0 aliphatic heterocycles. The predicted octanol–water partition coefficient (Wildman–Crippen LogP) is 6.12. The summed E-state index contributed by atoms with van der Waals surface area (Å²) in [6.07, 6.45) is -0.724. The minimum absolute atomic E-state index is 0.107. The quantitative estimate of drug-likeness (QED) is 0.387. The number of thiophene rings is 1. The number of benzene rings is 2. The highest BCUT2D eigenvalue weighted by molar-refractivity contribution is 7.16. The number of aliphatic hydroxyl groups is 1. The Morgan fingerprint density at radius 1 is 1.00 bits per heavy atom. The molecule has 4 rings (SSSR count). The van der Waals surface area contributed by atoms with Gasteiger partial charge in [0.2, 0.25) is 5.43 Å². The highest BCUT2D eigenvalue weighted by Gasteiger charge is 2.28. The van der Waals surface area contributed by atoms with Crippen molar-refractivity contribution in [3.63, 3.8) is 0 Å². The van der Waals surface area contributed by atoms with Crippen LogP contribution in [0.2, 0.25) is 9.36 Å². The van der Waals surface area contributed by atoms with Crippen LogP contribution in [0.15, 0.2) is 69.9 Å². The number of hydrogen-bond donors (Lipinski definition) is 2. The summed E-state index contributed by atoms with van der Waals surface area (Å²) in [5.74, 6) is -1.05. The van der Waals surface area contributed by atoms with Crippen LogP contribution in [0.25, 0.3) is 11.0 Å². The molecule has 2 atom stereocenters. The summed E-state index contributed by atoms with van der Waals surface area (Å²) in [5, 5.41) is 22.3. The van der Waals surface area contributed by atoms with Gasteiger partial charge >= 0.3 is 0 Å². The van der Waals surface area contributed by atoms with Gasteiger partial charge in [-0.15, -0.1) is 11.3 Å². The van der Waals surface area contributed by atoms with E-state index in [1.165, 1.54) is 11.3 Å². The van der Waals surface area contributed by atoms with Crippen LogP contribution < -0.4 is 5.43 Å². The van der Waals surface area contributed by atoms with Gasteiger partial charge in [0.05, 0.1) is 21.4 Å². The Hall–Kier alpha value is -2.31. The summed E-state index contributed by atoms with van der Waals surface area (Å²) >= 11 is 13.3. The predicted molar refractivity (Wildman–Crippen MR) is 116 cm³/mol. The lowest BCUT2D eigenvalue weighted by molar-refractivity contribution is 0.161. The molecule has 2 heterocycles. The van der Waals surface area contributed by atoms with Crippen LogP contribution in [0.5, 0.6) is 5.95 Å². The van der Waals surface area contributed by atoms with Crippen LogP contribution in [0.4, 0.5) is 0 Å². The molecule has 4 nitrogen and oxygen atoms in total. The molecule has 0 saturated carbocycles. The summed E-state index contributed by atoms with van der Waals surface area (Å²) in [5.41, 5.74) is 0.740. The van der Waals surface area contributed by atoms with Crippen molar-refractivity contribution in [1.29, 1.82) is 0 Å². The Morgan fingerprint density at radius 3 is 2.41 bits per heavy atom. The average molecular weight is 447 g/mol. The van der Waals surface area contributed by atoms with E-state index in [4.69, 9.17) is 27.6 Å². The van der Waals surface area contributed by atoms with E-state index in [-0.39, 0.29) is 17.4 Å². The van der Waals surface area contributed by atoms with Crippen LogP contribution in [-0.2, 0) is 0 Å². The van der Waals surface area contributed by atoms with E-state index >= 15 is 0 Å². The molecule has 0 bridgehead atoms. The largest absolute Gasteiger partial charge is 0.480 e. The Morgan fingerprint density at radius 2 is 1.72 bits per heavy atom.